The number of nitrogens with zero attached hydrogens (tertiary/aromatic N) is 2. The third kappa shape index (κ3) is 5.78. The number of primary sulfonamides is 1. The van der Waals surface area contributed by atoms with E-state index >= 15 is 0 Å². The largest absolute Gasteiger partial charge is 0.354 e. The highest BCUT2D eigenvalue weighted by Crippen LogP contribution is 2.09. The number of nitrogens with two attached hydrogens (primary N) is 1. The molecule has 0 aliphatic heterocycles. The average molecular weight is 377 g/mol. The van der Waals surface area contributed by atoms with Gasteiger partial charge < -0.3 is 10.6 Å². The van der Waals surface area contributed by atoms with E-state index in [1.165, 1.54) is 18.3 Å². The maximum absolute atomic E-state index is 12.1. The molecule has 4 N–H and O–H groups in total. The van der Waals surface area contributed by atoms with Gasteiger partial charge in [-0.05, 0) is 43.5 Å². The Morgan fingerprint density at radius 1 is 1.23 bits per heavy atom. The lowest BCUT2D eigenvalue weighted by molar-refractivity contribution is 0.0934. The molecular formula is C17H23N5O3S. The second-order valence-electron chi connectivity index (χ2n) is 5.91. The van der Waals surface area contributed by atoms with E-state index in [9.17, 15) is 13.2 Å². The van der Waals surface area contributed by atoms with Crippen LogP contribution < -0.4 is 15.8 Å². The van der Waals surface area contributed by atoms with Gasteiger partial charge in [0.2, 0.25) is 16.0 Å². The van der Waals surface area contributed by atoms with Crippen molar-refractivity contribution in [3.8, 4) is 0 Å². The standard InChI is InChI=1S/C17H23N5O3S/c1-3-12(2)21-16(23)15-9-11-20-17(22-15)19-10-8-13-4-6-14(7-5-13)26(18,24)25/h4-7,9,11-12H,3,8,10H2,1-2H3,(H,21,23)(H2,18,24,25)(H,19,20,22). The maximum atomic E-state index is 12.1. The SMILES string of the molecule is CCC(C)NC(=O)c1ccnc(NCCc2ccc(S(N)(=O)=O)cc2)n1. The molecule has 0 aliphatic rings. The van der Waals surface area contributed by atoms with E-state index in [1.54, 1.807) is 18.2 Å². The Morgan fingerprint density at radius 3 is 2.54 bits per heavy atom. The molecule has 0 saturated heterocycles. The Hall–Kier alpha value is -2.52. The van der Waals surface area contributed by atoms with E-state index in [0.29, 0.717) is 24.6 Å². The highest BCUT2D eigenvalue weighted by molar-refractivity contribution is 7.89. The summed E-state index contributed by atoms with van der Waals surface area (Å²) in [6, 6.07) is 8.00. The Labute approximate surface area is 153 Å². The summed E-state index contributed by atoms with van der Waals surface area (Å²) in [5.74, 6) is 0.131. The molecule has 0 aliphatic carbocycles. The quantitative estimate of drug-likeness (QED) is 0.636. The van der Waals surface area contributed by atoms with Crippen LogP contribution in [-0.4, -0.2) is 36.9 Å². The predicted octanol–water partition coefficient (Wildman–Crippen LogP) is 1.31. The number of hydrogen-bond acceptors (Lipinski definition) is 6. The van der Waals surface area contributed by atoms with E-state index in [4.69, 9.17) is 5.14 Å². The van der Waals surface area contributed by atoms with Crippen LogP contribution in [0.5, 0.6) is 0 Å². The number of carbonyl (C=O) groups is 1. The first-order valence-electron chi connectivity index (χ1n) is 8.29. The van der Waals surface area contributed by atoms with Crippen LogP contribution in [0.25, 0.3) is 0 Å². The minimum absolute atomic E-state index is 0.0779. The van der Waals surface area contributed by atoms with Crippen LogP contribution in [-0.2, 0) is 16.4 Å². The molecule has 2 rings (SSSR count). The molecule has 1 aromatic carbocycles. The first-order valence-corrected chi connectivity index (χ1v) is 9.83. The number of hydrogen-bond donors (Lipinski definition) is 3. The number of sulfonamides is 1. The third-order valence-electron chi connectivity index (χ3n) is 3.83. The summed E-state index contributed by atoms with van der Waals surface area (Å²) in [6.45, 7) is 4.46. The van der Waals surface area contributed by atoms with Crippen molar-refractivity contribution < 1.29 is 13.2 Å². The second-order valence-corrected chi connectivity index (χ2v) is 7.48. The van der Waals surface area contributed by atoms with Gasteiger partial charge in [0.05, 0.1) is 4.90 Å². The van der Waals surface area contributed by atoms with E-state index in [1.807, 2.05) is 13.8 Å². The van der Waals surface area contributed by atoms with Crippen LogP contribution in [0.2, 0.25) is 0 Å². The molecule has 1 unspecified atom stereocenters. The van der Waals surface area contributed by atoms with E-state index in [2.05, 4.69) is 20.6 Å². The highest BCUT2D eigenvalue weighted by atomic mass is 32.2. The van der Waals surface area contributed by atoms with Gasteiger partial charge in [0.25, 0.3) is 5.91 Å². The predicted molar refractivity (Wildman–Crippen MR) is 99.3 cm³/mol. The van der Waals surface area contributed by atoms with Gasteiger partial charge >= 0.3 is 0 Å². The Morgan fingerprint density at radius 2 is 1.92 bits per heavy atom. The van der Waals surface area contributed by atoms with Crippen LogP contribution in [0.15, 0.2) is 41.4 Å². The summed E-state index contributed by atoms with van der Waals surface area (Å²) in [4.78, 5) is 20.5. The van der Waals surface area contributed by atoms with E-state index in [-0.39, 0.29) is 16.8 Å². The lowest BCUT2D eigenvalue weighted by Crippen LogP contribution is -2.32. The van der Waals surface area contributed by atoms with Crippen LogP contribution in [0.1, 0.15) is 36.3 Å². The molecule has 1 amide bonds. The summed E-state index contributed by atoms with van der Waals surface area (Å²) >= 11 is 0. The van der Waals surface area contributed by atoms with Crippen molar-refractivity contribution in [2.24, 2.45) is 5.14 Å². The normalized spacial score (nSPS) is 12.4. The molecule has 0 radical (unpaired) electrons. The minimum atomic E-state index is -3.68. The zero-order valence-electron chi connectivity index (χ0n) is 14.8. The van der Waals surface area contributed by atoms with Crippen LogP contribution in [0.3, 0.4) is 0 Å². The lowest BCUT2D eigenvalue weighted by Gasteiger charge is -2.11. The third-order valence-corrected chi connectivity index (χ3v) is 4.76. The Balaban J connectivity index is 1.92. The van der Waals surface area contributed by atoms with E-state index in [0.717, 1.165) is 12.0 Å². The van der Waals surface area contributed by atoms with Crippen molar-refractivity contribution in [1.29, 1.82) is 0 Å². The molecule has 2 aromatic rings. The smallest absolute Gasteiger partial charge is 0.270 e. The maximum Gasteiger partial charge on any atom is 0.270 e. The first-order chi connectivity index (χ1) is 12.3. The van der Waals surface area contributed by atoms with Gasteiger partial charge in [0.1, 0.15) is 5.69 Å². The monoisotopic (exact) mass is 377 g/mol. The number of benzene rings is 1. The summed E-state index contributed by atoms with van der Waals surface area (Å²) in [7, 11) is -3.68. The number of nitrogens with one attached hydrogen (secondary N) is 2. The molecule has 1 aromatic heterocycles. The summed E-state index contributed by atoms with van der Waals surface area (Å²) in [5, 5.41) is 11.0. The van der Waals surface area contributed by atoms with E-state index < -0.39 is 10.0 Å². The van der Waals surface area contributed by atoms with Crippen LogP contribution in [0.4, 0.5) is 5.95 Å². The zero-order chi connectivity index (χ0) is 19.2. The summed E-state index contributed by atoms with van der Waals surface area (Å²) in [6.07, 6.45) is 3.01. The van der Waals surface area contributed by atoms with Crippen molar-refractivity contribution in [2.75, 3.05) is 11.9 Å². The molecule has 1 atom stereocenters. The second kappa shape index (κ2) is 8.72. The molecule has 0 fully saturated rings. The van der Waals surface area contributed by atoms with Gasteiger partial charge in [-0.3, -0.25) is 4.79 Å². The van der Waals surface area contributed by atoms with Gasteiger partial charge in [-0.15, -0.1) is 0 Å². The molecule has 0 bridgehead atoms. The number of aromatic nitrogens is 2. The van der Waals surface area contributed by atoms with Gasteiger partial charge in [0.15, 0.2) is 0 Å². The molecule has 26 heavy (non-hydrogen) atoms. The van der Waals surface area contributed by atoms with Gasteiger partial charge in [-0.2, -0.15) is 0 Å². The van der Waals surface area contributed by atoms with Crippen molar-refractivity contribution >= 4 is 21.9 Å². The molecular weight excluding hydrogens is 354 g/mol. The summed E-state index contributed by atoms with van der Waals surface area (Å²) < 4.78 is 22.5. The highest BCUT2D eigenvalue weighted by Gasteiger charge is 2.11. The number of amides is 1. The number of rotatable bonds is 8. The number of anilines is 1. The van der Waals surface area contributed by atoms with Gasteiger partial charge in [0, 0.05) is 18.8 Å². The fourth-order valence-corrected chi connectivity index (χ4v) is 2.65. The molecule has 0 spiro atoms. The minimum Gasteiger partial charge on any atom is -0.354 e. The van der Waals surface area contributed by atoms with Gasteiger partial charge in [-0.25, -0.2) is 23.5 Å². The zero-order valence-corrected chi connectivity index (χ0v) is 15.6. The molecule has 1 heterocycles. The fourth-order valence-electron chi connectivity index (χ4n) is 2.13. The molecule has 0 saturated carbocycles. The molecule has 140 valence electrons. The van der Waals surface area contributed by atoms with Gasteiger partial charge in [-0.1, -0.05) is 19.1 Å². The van der Waals surface area contributed by atoms with Crippen molar-refractivity contribution in [2.45, 2.75) is 37.6 Å². The molecule has 8 nitrogen and oxygen atoms in total. The Kier molecular flexibility index (Phi) is 6.64. The number of carbonyl (C=O) groups excluding carboxylic acids is 1. The fraction of sp³-hybridized carbons (Fsp3) is 0.353. The van der Waals surface area contributed by atoms with Crippen molar-refractivity contribution in [3.63, 3.8) is 0 Å². The van der Waals surface area contributed by atoms with Crippen LogP contribution >= 0.6 is 0 Å². The topological polar surface area (TPSA) is 127 Å². The average Bonchev–Trinajstić information content (AvgIpc) is 2.61. The van der Waals surface area contributed by atoms with Crippen molar-refractivity contribution in [1.82, 2.24) is 15.3 Å². The molecule has 9 heteroatoms. The van der Waals surface area contributed by atoms with Crippen molar-refractivity contribution in [3.05, 3.63) is 47.8 Å². The first kappa shape index (κ1) is 19.8. The lowest BCUT2D eigenvalue weighted by atomic mass is 10.1. The van der Waals surface area contributed by atoms with Crippen LogP contribution in [0, 0.1) is 0 Å². The Bertz CT molecular complexity index is 853. The summed E-state index contributed by atoms with van der Waals surface area (Å²) in [5.41, 5.74) is 1.25.